The molecule has 0 aromatic heterocycles. The number of likely N-dealkylation sites (N-methyl/N-ethyl adjacent to an activating group) is 1. The molecular weight excluding hydrogens is 249 g/mol. The van der Waals surface area contributed by atoms with Crippen molar-refractivity contribution in [3.05, 3.63) is 29.6 Å². The highest BCUT2D eigenvalue weighted by Gasteiger charge is 2.13. The molecule has 1 aromatic rings. The first-order valence-electron chi connectivity index (χ1n) is 6.19. The van der Waals surface area contributed by atoms with Crippen LogP contribution in [0.1, 0.15) is 32.4 Å². The molecule has 1 aromatic carbocycles. The molecule has 1 rings (SSSR count). The van der Waals surface area contributed by atoms with Crippen molar-refractivity contribution in [1.29, 1.82) is 0 Å². The molecule has 5 heteroatoms. The molecule has 0 heterocycles. The van der Waals surface area contributed by atoms with Crippen LogP contribution < -0.4 is 4.74 Å². The highest BCUT2D eigenvalue weighted by Crippen LogP contribution is 2.21. The first-order chi connectivity index (χ1) is 8.82. The van der Waals surface area contributed by atoms with E-state index in [0.29, 0.717) is 0 Å². The molecule has 1 N–H and O–H groups in total. The van der Waals surface area contributed by atoms with E-state index in [1.807, 2.05) is 13.8 Å². The molecule has 0 spiro atoms. The van der Waals surface area contributed by atoms with Crippen molar-refractivity contribution in [2.45, 2.75) is 32.9 Å². The Hall–Kier alpha value is -1.62. The van der Waals surface area contributed by atoms with Gasteiger partial charge in [-0.05, 0) is 32.9 Å². The molecule has 0 aliphatic heterocycles. The van der Waals surface area contributed by atoms with E-state index in [1.165, 1.54) is 25.1 Å². The molecule has 19 heavy (non-hydrogen) atoms. The molecule has 1 atom stereocenters. The first-order valence-corrected chi connectivity index (χ1v) is 6.19. The minimum absolute atomic E-state index is 0.0884. The zero-order chi connectivity index (χ0) is 14.6. The molecule has 0 saturated heterocycles. The van der Waals surface area contributed by atoms with Crippen LogP contribution in [-0.4, -0.2) is 35.6 Å². The van der Waals surface area contributed by atoms with Gasteiger partial charge in [0, 0.05) is 24.7 Å². The summed E-state index contributed by atoms with van der Waals surface area (Å²) in [5.41, 5.74) is 0.206. The Morgan fingerprint density at radius 1 is 1.42 bits per heavy atom. The third kappa shape index (κ3) is 4.21. The van der Waals surface area contributed by atoms with Gasteiger partial charge in [-0.1, -0.05) is 0 Å². The van der Waals surface area contributed by atoms with Gasteiger partial charge in [-0.3, -0.25) is 4.79 Å². The largest absolute Gasteiger partial charge is 0.484 e. The number of hydrogen-bond acceptors (Lipinski definition) is 3. The number of carbonyl (C=O) groups is 1. The molecule has 4 nitrogen and oxygen atoms in total. The van der Waals surface area contributed by atoms with Crippen molar-refractivity contribution >= 4 is 5.91 Å². The van der Waals surface area contributed by atoms with Gasteiger partial charge < -0.3 is 14.7 Å². The number of halogens is 1. The van der Waals surface area contributed by atoms with Crippen LogP contribution in [0.2, 0.25) is 0 Å². The molecule has 0 bridgehead atoms. The van der Waals surface area contributed by atoms with Crippen molar-refractivity contribution in [2.75, 3.05) is 13.7 Å². The SMILES string of the molecule is CC(C)N(C)C(=O)COc1ccc([C@@H](C)O)c(F)c1. The summed E-state index contributed by atoms with van der Waals surface area (Å²) < 4.78 is 18.8. The average Bonchev–Trinajstić information content (AvgIpc) is 2.34. The van der Waals surface area contributed by atoms with E-state index in [2.05, 4.69) is 0 Å². The summed E-state index contributed by atoms with van der Waals surface area (Å²) in [6, 6.07) is 4.25. The second kappa shape index (κ2) is 6.52. The van der Waals surface area contributed by atoms with Crippen molar-refractivity contribution in [1.82, 2.24) is 4.90 Å². The molecule has 1 amide bonds. The van der Waals surface area contributed by atoms with Gasteiger partial charge in [0.05, 0.1) is 6.10 Å². The minimum Gasteiger partial charge on any atom is -0.484 e. The van der Waals surface area contributed by atoms with Crippen LogP contribution in [0.5, 0.6) is 5.75 Å². The number of nitrogens with zero attached hydrogens (tertiary/aromatic N) is 1. The standard InChI is InChI=1S/C14H20FNO3/c1-9(2)16(4)14(18)8-19-11-5-6-12(10(3)17)13(15)7-11/h5-7,9-10,17H,8H2,1-4H3/t10-/m1/s1. The van der Waals surface area contributed by atoms with Crippen LogP contribution >= 0.6 is 0 Å². The summed E-state index contributed by atoms with van der Waals surface area (Å²) in [6.45, 7) is 5.15. The second-order valence-electron chi connectivity index (χ2n) is 4.75. The summed E-state index contributed by atoms with van der Waals surface area (Å²) >= 11 is 0. The Balaban J connectivity index is 2.64. The first kappa shape index (κ1) is 15.4. The maximum absolute atomic E-state index is 13.6. The van der Waals surface area contributed by atoms with Crippen molar-refractivity contribution < 1.29 is 19.0 Å². The normalized spacial score (nSPS) is 12.4. The van der Waals surface area contributed by atoms with Gasteiger partial charge in [-0.15, -0.1) is 0 Å². The molecule has 0 fully saturated rings. The van der Waals surface area contributed by atoms with Crippen LogP contribution in [0, 0.1) is 5.82 Å². The van der Waals surface area contributed by atoms with Crippen LogP contribution in [0.4, 0.5) is 4.39 Å². The van der Waals surface area contributed by atoms with Gasteiger partial charge in [0.2, 0.25) is 0 Å². The highest BCUT2D eigenvalue weighted by atomic mass is 19.1. The lowest BCUT2D eigenvalue weighted by Crippen LogP contribution is -2.36. The van der Waals surface area contributed by atoms with E-state index in [0.717, 1.165) is 0 Å². The number of aliphatic hydroxyl groups is 1. The van der Waals surface area contributed by atoms with E-state index in [1.54, 1.807) is 11.9 Å². The predicted molar refractivity (Wildman–Crippen MR) is 70.4 cm³/mol. The number of hydrogen-bond donors (Lipinski definition) is 1. The third-order valence-corrected chi connectivity index (χ3v) is 2.95. The van der Waals surface area contributed by atoms with E-state index in [-0.39, 0.29) is 29.9 Å². The summed E-state index contributed by atoms with van der Waals surface area (Å²) in [7, 11) is 1.69. The molecule has 0 aliphatic carbocycles. The smallest absolute Gasteiger partial charge is 0.260 e. The quantitative estimate of drug-likeness (QED) is 0.890. The Morgan fingerprint density at radius 2 is 2.05 bits per heavy atom. The van der Waals surface area contributed by atoms with Crippen LogP contribution in [0.15, 0.2) is 18.2 Å². The van der Waals surface area contributed by atoms with E-state index < -0.39 is 11.9 Å². The number of benzene rings is 1. The summed E-state index contributed by atoms with van der Waals surface area (Å²) in [6.07, 6.45) is -0.872. The van der Waals surface area contributed by atoms with Gasteiger partial charge >= 0.3 is 0 Å². The Labute approximate surface area is 112 Å². The zero-order valence-corrected chi connectivity index (χ0v) is 11.7. The van der Waals surface area contributed by atoms with Crippen molar-refractivity contribution in [3.8, 4) is 5.75 Å². The van der Waals surface area contributed by atoms with E-state index in [9.17, 15) is 14.3 Å². The van der Waals surface area contributed by atoms with E-state index >= 15 is 0 Å². The highest BCUT2D eigenvalue weighted by molar-refractivity contribution is 5.77. The fraction of sp³-hybridized carbons (Fsp3) is 0.500. The fourth-order valence-corrected chi connectivity index (χ4v) is 1.47. The molecule has 0 unspecified atom stereocenters. The van der Waals surface area contributed by atoms with Gasteiger partial charge in [0.25, 0.3) is 5.91 Å². The number of ether oxygens (including phenoxy) is 1. The number of amides is 1. The third-order valence-electron chi connectivity index (χ3n) is 2.95. The summed E-state index contributed by atoms with van der Waals surface area (Å²) in [5.74, 6) is -0.445. The van der Waals surface area contributed by atoms with Crippen molar-refractivity contribution in [2.24, 2.45) is 0 Å². The molecule has 106 valence electrons. The summed E-state index contributed by atoms with van der Waals surface area (Å²) in [5, 5.41) is 9.31. The Morgan fingerprint density at radius 3 is 2.53 bits per heavy atom. The lowest BCUT2D eigenvalue weighted by atomic mass is 10.1. The maximum Gasteiger partial charge on any atom is 0.260 e. The lowest BCUT2D eigenvalue weighted by molar-refractivity contribution is -0.133. The van der Waals surface area contributed by atoms with Crippen molar-refractivity contribution in [3.63, 3.8) is 0 Å². The number of rotatable bonds is 5. The zero-order valence-electron chi connectivity index (χ0n) is 11.7. The fourth-order valence-electron chi connectivity index (χ4n) is 1.47. The monoisotopic (exact) mass is 269 g/mol. The summed E-state index contributed by atoms with van der Waals surface area (Å²) in [4.78, 5) is 13.2. The Kier molecular flexibility index (Phi) is 5.30. The second-order valence-corrected chi connectivity index (χ2v) is 4.75. The topological polar surface area (TPSA) is 49.8 Å². The molecule has 0 radical (unpaired) electrons. The van der Waals surface area contributed by atoms with Gasteiger partial charge in [0.15, 0.2) is 6.61 Å². The average molecular weight is 269 g/mol. The predicted octanol–water partition coefficient (Wildman–Crippen LogP) is 2.12. The maximum atomic E-state index is 13.6. The number of aliphatic hydroxyl groups excluding tert-OH is 1. The van der Waals surface area contributed by atoms with Crippen LogP contribution in [0.25, 0.3) is 0 Å². The minimum atomic E-state index is -0.872. The molecular formula is C14H20FNO3. The van der Waals surface area contributed by atoms with E-state index in [4.69, 9.17) is 4.74 Å². The van der Waals surface area contributed by atoms with Crippen LogP contribution in [0.3, 0.4) is 0 Å². The van der Waals surface area contributed by atoms with Crippen LogP contribution in [-0.2, 0) is 4.79 Å². The van der Waals surface area contributed by atoms with Gasteiger partial charge in [0.1, 0.15) is 11.6 Å². The number of carbonyl (C=O) groups excluding carboxylic acids is 1. The lowest BCUT2D eigenvalue weighted by Gasteiger charge is -2.21. The molecule has 0 aliphatic rings. The van der Waals surface area contributed by atoms with Gasteiger partial charge in [-0.2, -0.15) is 0 Å². The van der Waals surface area contributed by atoms with Gasteiger partial charge in [-0.25, -0.2) is 4.39 Å². The Bertz CT molecular complexity index is 446. The molecule has 0 saturated carbocycles.